The molecule has 1 rings (SSSR count). The van der Waals surface area contributed by atoms with Gasteiger partial charge >= 0.3 is 5.97 Å². The van der Waals surface area contributed by atoms with Gasteiger partial charge in [0.25, 0.3) is 0 Å². The lowest BCUT2D eigenvalue weighted by Crippen LogP contribution is -2.35. The van der Waals surface area contributed by atoms with Crippen LogP contribution in [0.5, 0.6) is 0 Å². The molecule has 1 fully saturated rings. The van der Waals surface area contributed by atoms with Crippen molar-refractivity contribution in [3.05, 3.63) is 0 Å². The monoisotopic (exact) mass is 159 g/mol. The van der Waals surface area contributed by atoms with Gasteiger partial charge in [-0.25, -0.2) is 0 Å². The fourth-order valence-corrected chi connectivity index (χ4v) is 1.06. The molecule has 0 aromatic carbocycles. The lowest BCUT2D eigenvalue weighted by Gasteiger charge is -2.10. The average molecular weight is 159 g/mol. The van der Waals surface area contributed by atoms with Gasteiger partial charge < -0.3 is 15.2 Å². The molecule has 1 aliphatic rings. The van der Waals surface area contributed by atoms with Crippen molar-refractivity contribution in [3.8, 4) is 0 Å². The largest absolute Gasteiger partial charge is 0.466 e. The standard InChI is InChI=1S/C7H13NO3/c1-2-11-7(9)5-3-10-4-6(5)8/h5-6H,2-4,8H2,1H3. The second kappa shape index (κ2) is 3.69. The molecule has 2 atom stereocenters. The predicted molar refractivity (Wildman–Crippen MR) is 38.9 cm³/mol. The van der Waals surface area contributed by atoms with Crippen molar-refractivity contribution < 1.29 is 14.3 Å². The molecule has 11 heavy (non-hydrogen) atoms. The van der Waals surface area contributed by atoms with E-state index in [2.05, 4.69) is 0 Å². The normalized spacial score (nSPS) is 30.4. The molecule has 0 amide bonds. The molecule has 1 saturated heterocycles. The first kappa shape index (κ1) is 8.49. The second-order valence-corrected chi connectivity index (χ2v) is 2.56. The zero-order valence-electron chi connectivity index (χ0n) is 6.58. The first-order chi connectivity index (χ1) is 5.25. The van der Waals surface area contributed by atoms with E-state index >= 15 is 0 Å². The van der Waals surface area contributed by atoms with E-state index in [-0.39, 0.29) is 17.9 Å². The Morgan fingerprint density at radius 1 is 1.73 bits per heavy atom. The van der Waals surface area contributed by atoms with E-state index < -0.39 is 0 Å². The molecule has 4 nitrogen and oxygen atoms in total. The number of hydrogen-bond donors (Lipinski definition) is 1. The number of rotatable bonds is 2. The van der Waals surface area contributed by atoms with E-state index in [9.17, 15) is 4.79 Å². The first-order valence-electron chi connectivity index (χ1n) is 3.75. The molecule has 1 aliphatic heterocycles. The summed E-state index contributed by atoms with van der Waals surface area (Å²) in [4.78, 5) is 11.1. The Labute approximate surface area is 65.7 Å². The summed E-state index contributed by atoms with van der Waals surface area (Å²) in [5, 5.41) is 0. The van der Waals surface area contributed by atoms with Crippen molar-refractivity contribution in [1.82, 2.24) is 0 Å². The third kappa shape index (κ3) is 1.91. The van der Waals surface area contributed by atoms with Crippen molar-refractivity contribution in [1.29, 1.82) is 0 Å². The Bertz CT molecular complexity index is 149. The summed E-state index contributed by atoms with van der Waals surface area (Å²) < 4.78 is 9.81. The summed E-state index contributed by atoms with van der Waals surface area (Å²) in [5.41, 5.74) is 5.58. The molecule has 2 N–H and O–H groups in total. The van der Waals surface area contributed by atoms with E-state index in [4.69, 9.17) is 15.2 Å². The zero-order chi connectivity index (χ0) is 8.27. The smallest absolute Gasteiger partial charge is 0.312 e. The molecule has 0 bridgehead atoms. The van der Waals surface area contributed by atoms with Gasteiger partial charge in [0.05, 0.1) is 25.7 Å². The van der Waals surface area contributed by atoms with Gasteiger partial charge in [-0.15, -0.1) is 0 Å². The van der Waals surface area contributed by atoms with Gasteiger partial charge in [-0.3, -0.25) is 4.79 Å². The van der Waals surface area contributed by atoms with Crippen LogP contribution in [0.4, 0.5) is 0 Å². The third-order valence-electron chi connectivity index (χ3n) is 1.71. The maximum atomic E-state index is 11.1. The summed E-state index contributed by atoms with van der Waals surface area (Å²) in [5.74, 6) is -0.493. The summed E-state index contributed by atoms with van der Waals surface area (Å²) in [6.45, 7) is 3.05. The third-order valence-corrected chi connectivity index (χ3v) is 1.71. The molecule has 4 heteroatoms. The average Bonchev–Trinajstić information content (AvgIpc) is 2.36. The molecule has 0 aliphatic carbocycles. The number of carbonyl (C=O) groups is 1. The number of esters is 1. The van der Waals surface area contributed by atoms with E-state index in [0.29, 0.717) is 19.8 Å². The highest BCUT2D eigenvalue weighted by Crippen LogP contribution is 2.12. The molecular formula is C7H13NO3. The van der Waals surface area contributed by atoms with Gasteiger partial charge in [-0.2, -0.15) is 0 Å². The van der Waals surface area contributed by atoms with Crippen LogP contribution in [-0.2, 0) is 14.3 Å². The summed E-state index contributed by atoms with van der Waals surface area (Å²) in [6, 6.07) is -0.186. The lowest BCUT2D eigenvalue weighted by molar-refractivity contribution is -0.148. The Hall–Kier alpha value is -0.610. The number of ether oxygens (including phenoxy) is 2. The predicted octanol–water partition coefficient (Wildman–Crippen LogP) is -0.477. The molecule has 2 unspecified atom stereocenters. The van der Waals surface area contributed by atoms with Gasteiger partial charge in [-0.05, 0) is 6.92 Å². The lowest BCUT2D eigenvalue weighted by atomic mass is 10.1. The van der Waals surface area contributed by atoms with E-state index in [1.165, 1.54) is 0 Å². The van der Waals surface area contributed by atoms with Crippen LogP contribution in [0.2, 0.25) is 0 Å². The second-order valence-electron chi connectivity index (χ2n) is 2.56. The van der Waals surface area contributed by atoms with Crippen LogP contribution in [0.25, 0.3) is 0 Å². The van der Waals surface area contributed by atoms with E-state index in [0.717, 1.165) is 0 Å². The van der Waals surface area contributed by atoms with Crippen LogP contribution in [-0.4, -0.2) is 31.8 Å². The highest BCUT2D eigenvalue weighted by molar-refractivity contribution is 5.73. The van der Waals surface area contributed by atoms with Crippen molar-refractivity contribution >= 4 is 5.97 Å². The Kier molecular flexibility index (Phi) is 2.84. The fourth-order valence-electron chi connectivity index (χ4n) is 1.06. The van der Waals surface area contributed by atoms with Crippen molar-refractivity contribution in [2.45, 2.75) is 13.0 Å². The van der Waals surface area contributed by atoms with Crippen LogP contribution in [0, 0.1) is 5.92 Å². The maximum Gasteiger partial charge on any atom is 0.312 e. The van der Waals surface area contributed by atoms with Gasteiger partial charge in [0.1, 0.15) is 0 Å². The topological polar surface area (TPSA) is 61.5 Å². The number of hydrogen-bond acceptors (Lipinski definition) is 4. The Morgan fingerprint density at radius 2 is 2.45 bits per heavy atom. The summed E-state index contributed by atoms with van der Waals surface area (Å²) in [6.07, 6.45) is 0. The highest BCUT2D eigenvalue weighted by atomic mass is 16.5. The minimum atomic E-state index is -0.255. The van der Waals surface area contributed by atoms with Crippen LogP contribution >= 0.6 is 0 Å². The molecule has 0 aromatic rings. The SMILES string of the molecule is CCOC(=O)C1COCC1N. The minimum absolute atomic E-state index is 0.186. The molecule has 0 aromatic heterocycles. The van der Waals surface area contributed by atoms with Crippen LogP contribution < -0.4 is 5.73 Å². The molecular weight excluding hydrogens is 146 g/mol. The minimum Gasteiger partial charge on any atom is -0.466 e. The van der Waals surface area contributed by atoms with Crippen LogP contribution in [0.1, 0.15) is 6.92 Å². The van der Waals surface area contributed by atoms with E-state index in [1.807, 2.05) is 0 Å². The van der Waals surface area contributed by atoms with Crippen LogP contribution in [0.3, 0.4) is 0 Å². The Balaban J connectivity index is 2.39. The van der Waals surface area contributed by atoms with Crippen molar-refractivity contribution in [2.75, 3.05) is 19.8 Å². The first-order valence-corrected chi connectivity index (χ1v) is 3.75. The summed E-state index contributed by atoms with van der Waals surface area (Å²) >= 11 is 0. The number of carbonyl (C=O) groups excluding carboxylic acids is 1. The van der Waals surface area contributed by atoms with Crippen LogP contribution in [0.15, 0.2) is 0 Å². The van der Waals surface area contributed by atoms with Crippen molar-refractivity contribution in [3.63, 3.8) is 0 Å². The zero-order valence-corrected chi connectivity index (χ0v) is 6.58. The fraction of sp³-hybridized carbons (Fsp3) is 0.857. The van der Waals surface area contributed by atoms with E-state index in [1.54, 1.807) is 6.92 Å². The maximum absolute atomic E-state index is 11.1. The van der Waals surface area contributed by atoms with Crippen molar-refractivity contribution in [2.24, 2.45) is 11.7 Å². The van der Waals surface area contributed by atoms with Gasteiger partial charge in [0.15, 0.2) is 0 Å². The van der Waals surface area contributed by atoms with Gasteiger partial charge in [-0.1, -0.05) is 0 Å². The molecule has 0 saturated carbocycles. The highest BCUT2D eigenvalue weighted by Gasteiger charge is 2.32. The Morgan fingerprint density at radius 3 is 2.91 bits per heavy atom. The summed E-state index contributed by atoms with van der Waals surface area (Å²) in [7, 11) is 0. The molecule has 0 radical (unpaired) electrons. The molecule has 64 valence electrons. The molecule has 1 heterocycles. The quantitative estimate of drug-likeness (QED) is 0.553. The molecule has 0 spiro atoms. The van der Waals surface area contributed by atoms with Gasteiger partial charge in [0.2, 0.25) is 0 Å². The van der Waals surface area contributed by atoms with Gasteiger partial charge in [0, 0.05) is 6.04 Å². The number of nitrogens with two attached hydrogens (primary N) is 1.